The van der Waals surface area contributed by atoms with Gasteiger partial charge in [0.25, 0.3) is 0 Å². The molecule has 4 aromatic rings. The molecule has 0 N–H and O–H groups in total. The van der Waals surface area contributed by atoms with E-state index in [1.54, 1.807) is 12.3 Å². The minimum absolute atomic E-state index is 0.482. The Morgan fingerprint density at radius 1 is 0.625 bits per heavy atom. The summed E-state index contributed by atoms with van der Waals surface area (Å²) in [5.41, 5.74) is 4.14. The Bertz CT molecular complexity index is 941. The fourth-order valence-corrected chi connectivity index (χ4v) is 2.45. The van der Waals surface area contributed by atoms with Crippen LogP contribution in [-0.2, 0) is 0 Å². The zero-order chi connectivity index (χ0) is 16.2. The first kappa shape index (κ1) is 14.1. The van der Waals surface area contributed by atoms with E-state index in [-0.39, 0.29) is 0 Å². The summed E-state index contributed by atoms with van der Waals surface area (Å²) in [4.78, 5) is 12.9. The molecule has 24 heavy (non-hydrogen) atoms. The Hall–Kier alpha value is -3.47. The molecular formula is C19H13N5. The van der Waals surface area contributed by atoms with Gasteiger partial charge in [0, 0.05) is 17.3 Å². The van der Waals surface area contributed by atoms with Crippen molar-refractivity contribution >= 4 is 0 Å². The van der Waals surface area contributed by atoms with E-state index in [4.69, 9.17) is 4.98 Å². The predicted octanol–water partition coefficient (Wildman–Crippen LogP) is 3.66. The lowest BCUT2D eigenvalue weighted by atomic mass is 10.0. The highest BCUT2D eigenvalue weighted by atomic mass is 15.2. The van der Waals surface area contributed by atoms with E-state index in [1.807, 2.05) is 60.7 Å². The maximum absolute atomic E-state index is 4.73. The first-order valence-corrected chi connectivity index (χ1v) is 7.54. The predicted molar refractivity (Wildman–Crippen MR) is 91.7 cm³/mol. The Morgan fingerprint density at radius 2 is 1.29 bits per heavy atom. The van der Waals surface area contributed by atoms with Gasteiger partial charge in [-0.25, -0.2) is 15.0 Å². The molecule has 0 fully saturated rings. The SMILES string of the molecule is c1ccc(-c2nnc(-c3ccncn3)nc2-c2ccccc2)cc1. The molecule has 0 radical (unpaired) electrons. The topological polar surface area (TPSA) is 64.5 Å². The van der Waals surface area contributed by atoms with Crippen LogP contribution in [0.25, 0.3) is 34.0 Å². The van der Waals surface area contributed by atoms with E-state index >= 15 is 0 Å². The molecule has 114 valence electrons. The third-order valence-electron chi connectivity index (χ3n) is 3.59. The van der Waals surface area contributed by atoms with Crippen molar-refractivity contribution in [2.75, 3.05) is 0 Å². The Kier molecular flexibility index (Phi) is 3.73. The zero-order valence-corrected chi connectivity index (χ0v) is 12.7. The van der Waals surface area contributed by atoms with Gasteiger partial charge in [-0.15, -0.1) is 10.2 Å². The minimum atomic E-state index is 0.482. The van der Waals surface area contributed by atoms with Gasteiger partial charge in [0.15, 0.2) is 0 Å². The molecule has 0 atom stereocenters. The van der Waals surface area contributed by atoms with Gasteiger partial charge in [0.05, 0.1) is 0 Å². The second-order valence-electron chi connectivity index (χ2n) is 5.16. The fraction of sp³-hybridized carbons (Fsp3) is 0. The molecule has 0 saturated carbocycles. The van der Waals surface area contributed by atoms with E-state index in [2.05, 4.69) is 20.2 Å². The van der Waals surface area contributed by atoms with Crippen molar-refractivity contribution in [3.05, 3.63) is 79.3 Å². The largest absolute Gasteiger partial charge is 0.245 e. The van der Waals surface area contributed by atoms with Gasteiger partial charge in [-0.2, -0.15) is 0 Å². The van der Waals surface area contributed by atoms with Crippen molar-refractivity contribution in [3.63, 3.8) is 0 Å². The molecule has 0 aliphatic carbocycles. The van der Waals surface area contributed by atoms with Crippen LogP contribution >= 0.6 is 0 Å². The molecule has 2 heterocycles. The molecule has 2 aromatic carbocycles. The monoisotopic (exact) mass is 311 g/mol. The number of aromatic nitrogens is 5. The lowest BCUT2D eigenvalue weighted by molar-refractivity contribution is 0.976. The normalized spacial score (nSPS) is 10.5. The number of hydrogen-bond acceptors (Lipinski definition) is 5. The van der Waals surface area contributed by atoms with Crippen LogP contribution in [0.4, 0.5) is 0 Å². The number of hydrogen-bond donors (Lipinski definition) is 0. The first-order valence-electron chi connectivity index (χ1n) is 7.54. The van der Waals surface area contributed by atoms with Crippen molar-refractivity contribution < 1.29 is 0 Å². The number of benzene rings is 2. The molecule has 4 rings (SSSR count). The third-order valence-corrected chi connectivity index (χ3v) is 3.59. The lowest BCUT2D eigenvalue weighted by Crippen LogP contribution is -2.01. The molecule has 0 spiro atoms. The highest BCUT2D eigenvalue weighted by Crippen LogP contribution is 2.29. The summed E-state index contributed by atoms with van der Waals surface area (Å²) in [6, 6.07) is 21.7. The van der Waals surface area contributed by atoms with E-state index in [9.17, 15) is 0 Å². The fourth-order valence-electron chi connectivity index (χ4n) is 2.45. The summed E-state index contributed by atoms with van der Waals surface area (Å²) < 4.78 is 0. The van der Waals surface area contributed by atoms with Gasteiger partial charge in [0.1, 0.15) is 23.4 Å². The molecule has 0 unspecified atom stereocenters. The van der Waals surface area contributed by atoms with Crippen molar-refractivity contribution in [2.45, 2.75) is 0 Å². The Balaban J connectivity index is 1.92. The van der Waals surface area contributed by atoms with Gasteiger partial charge < -0.3 is 0 Å². The van der Waals surface area contributed by atoms with Crippen LogP contribution in [0.3, 0.4) is 0 Å². The Labute approximate surface area is 139 Å². The Morgan fingerprint density at radius 3 is 1.92 bits per heavy atom. The van der Waals surface area contributed by atoms with Gasteiger partial charge in [0.2, 0.25) is 5.82 Å². The smallest absolute Gasteiger partial charge is 0.201 e. The first-order chi connectivity index (χ1) is 11.9. The zero-order valence-electron chi connectivity index (χ0n) is 12.7. The summed E-state index contributed by atoms with van der Waals surface area (Å²) >= 11 is 0. The van der Waals surface area contributed by atoms with Gasteiger partial charge in [-0.1, -0.05) is 60.7 Å². The van der Waals surface area contributed by atoms with Gasteiger partial charge >= 0.3 is 0 Å². The maximum Gasteiger partial charge on any atom is 0.201 e. The molecule has 5 heteroatoms. The second-order valence-corrected chi connectivity index (χ2v) is 5.16. The van der Waals surface area contributed by atoms with Crippen molar-refractivity contribution in [3.8, 4) is 34.0 Å². The molecule has 0 amide bonds. The van der Waals surface area contributed by atoms with Crippen LogP contribution in [0.15, 0.2) is 79.3 Å². The van der Waals surface area contributed by atoms with E-state index in [1.165, 1.54) is 6.33 Å². The van der Waals surface area contributed by atoms with Crippen LogP contribution in [0, 0.1) is 0 Å². The van der Waals surface area contributed by atoms with Crippen molar-refractivity contribution in [2.24, 2.45) is 0 Å². The number of nitrogens with zero attached hydrogens (tertiary/aromatic N) is 5. The third kappa shape index (κ3) is 2.75. The average molecular weight is 311 g/mol. The van der Waals surface area contributed by atoms with Gasteiger partial charge in [-0.05, 0) is 6.07 Å². The molecule has 0 saturated heterocycles. The van der Waals surface area contributed by atoms with Gasteiger partial charge in [-0.3, -0.25) is 0 Å². The number of rotatable bonds is 3. The molecule has 0 aliphatic heterocycles. The molecular weight excluding hydrogens is 298 g/mol. The van der Waals surface area contributed by atoms with Crippen LogP contribution in [-0.4, -0.2) is 25.1 Å². The van der Waals surface area contributed by atoms with Crippen LogP contribution < -0.4 is 0 Å². The summed E-state index contributed by atoms with van der Waals surface area (Å²) in [7, 11) is 0. The van der Waals surface area contributed by atoms with E-state index < -0.39 is 0 Å². The summed E-state index contributed by atoms with van der Waals surface area (Å²) in [5, 5.41) is 8.69. The highest BCUT2D eigenvalue weighted by molar-refractivity contribution is 5.78. The summed E-state index contributed by atoms with van der Waals surface area (Å²) in [6.07, 6.45) is 3.14. The van der Waals surface area contributed by atoms with Crippen LogP contribution in [0.1, 0.15) is 0 Å². The van der Waals surface area contributed by atoms with Crippen molar-refractivity contribution in [1.29, 1.82) is 0 Å². The summed E-state index contributed by atoms with van der Waals surface area (Å²) in [6.45, 7) is 0. The lowest BCUT2D eigenvalue weighted by Gasteiger charge is -2.09. The molecule has 0 bridgehead atoms. The van der Waals surface area contributed by atoms with Crippen LogP contribution in [0.2, 0.25) is 0 Å². The standard InChI is InChI=1S/C19H13N5/c1-3-7-14(8-4-1)17-18(15-9-5-2-6-10-15)23-24-19(22-17)16-11-12-20-13-21-16/h1-13H. The maximum atomic E-state index is 4.73. The van der Waals surface area contributed by atoms with Crippen molar-refractivity contribution in [1.82, 2.24) is 25.1 Å². The minimum Gasteiger partial charge on any atom is -0.245 e. The molecule has 5 nitrogen and oxygen atoms in total. The average Bonchev–Trinajstić information content (AvgIpc) is 2.69. The second kappa shape index (κ2) is 6.34. The van der Waals surface area contributed by atoms with E-state index in [0.717, 1.165) is 22.5 Å². The molecule has 2 aromatic heterocycles. The molecule has 0 aliphatic rings. The summed E-state index contributed by atoms with van der Waals surface area (Å²) in [5.74, 6) is 0.482. The highest BCUT2D eigenvalue weighted by Gasteiger charge is 2.14. The van der Waals surface area contributed by atoms with Crippen LogP contribution in [0.5, 0.6) is 0 Å². The van der Waals surface area contributed by atoms with E-state index in [0.29, 0.717) is 11.5 Å². The quantitative estimate of drug-likeness (QED) is 0.577.